The molecule has 4 nitrogen and oxygen atoms in total. The minimum absolute atomic E-state index is 0.00217. The van der Waals surface area contributed by atoms with Crippen LogP contribution in [0.3, 0.4) is 0 Å². The third kappa shape index (κ3) is 3.19. The van der Waals surface area contributed by atoms with E-state index in [1.165, 1.54) is 11.1 Å². The highest BCUT2D eigenvalue weighted by Crippen LogP contribution is 2.29. The van der Waals surface area contributed by atoms with E-state index in [9.17, 15) is 4.79 Å². The molecule has 1 heterocycles. The zero-order chi connectivity index (χ0) is 14.7. The number of rotatable bonds is 5. The molecule has 20 heavy (non-hydrogen) atoms. The molecule has 0 saturated heterocycles. The lowest BCUT2D eigenvalue weighted by Gasteiger charge is -2.17. The van der Waals surface area contributed by atoms with Crippen LogP contribution in [0.15, 0.2) is 18.2 Å². The normalized spacial score (nSPS) is 17.6. The first-order chi connectivity index (χ1) is 9.52. The molecule has 4 heteroatoms. The van der Waals surface area contributed by atoms with Crippen LogP contribution in [-0.4, -0.2) is 23.4 Å². The Balaban J connectivity index is 2.12. The molecule has 110 valence electrons. The molecule has 1 aromatic carbocycles. The largest absolute Gasteiger partial charge is 0.327 e. The van der Waals surface area contributed by atoms with Gasteiger partial charge in [0.15, 0.2) is 0 Å². The molecule has 0 bridgehead atoms. The first-order valence-corrected chi connectivity index (χ1v) is 7.42. The lowest BCUT2D eigenvalue weighted by Crippen LogP contribution is -2.34. The molecule has 0 saturated carbocycles. The predicted molar refractivity (Wildman–Crippen MR) is 82.3 cm³/mol. The van der Waals surface area contributed by atoms with Crippen molar-refractivity contribution in [1.29, 1.82) is 0 Å². The van der Waals surface area contributed by atoms with Crippen molar-refractivity contribution in [3.63, 3.8) is 0 Å². The van der Waals surface area contributed by atoms with Crippen molar-refractivity contribution in [3.8, 4) is 0 Å². The van der Waals surface area contributed by atoms with Gasteiger partial charge in [0.2, 0.25) is 5.91 Å². The fourth-order valence-electron chi connectivity index (χ4n) is 2.57. The Hall–Kier alpha value is -1.39. The first-order valence-electron chi connectivity index (χ1n) is 7.42. The van der Waals surface area contributed by atoms with E-state index in [1.54, 1.807) is 0 Å². The number of nitrogens with two attached hydrogens (primary N) is 1. The van der Waals surface area contributed by atoms with Gasteiger partial charge in [-0.1, -0.05) is 26.0 Å². The number of hydrogen-bond acceptors (Lipinski definition) is 3. The van der Waals surface area contributed by atoms with Crippen molar-refractivity contribution in [3.05, 3.63) is 29.3 Å². The summed E-state index contributed by atoms with van der Waals surface area (Å²) in [4.78, 5) is 14.6. The standard InChI is InChI=1S/C16H25N3O/c1-4-8-19-9-13-6-5-7-15(14(13)10-19)18-16(20)11(2)12(3)17/h5-7,11-12H,4,8-10,17H2,1-3H3,(H,18,20). The quantitative estimate of drug-likeness (QED) is 0.867. The number of benzene rings is 1. The van der Waals surface area contributed by atoms with Crippen LogP contribution in [0, 0.1) is 5.92 Å². The van der Waals surface area contributed by atoms with Gasteiger partial charge in [0.05, 0.1) is 5.92 Å². The highest BCUT2D eigenvalue weighted by atomic mass is 16.1. The molecule has 2 unspecified atom stereocenters. The molecule has 0 spiro atoms. The van der Waals surface area contributed by atoms with E-state index in [1.807, 2.05) is 26.0 Å². The molecule has 0 fully saturated rings. The van der Waals surface area contributed by atoms with Gasteiger partial charge in [0.1, 0.15) is 0 Å². The van der Waals surface area contributed by atoms with E-state index in [-0.39, 0.29) is 17.9 Å². The van der Waals surface area contributed by atoms with E-state index in [2.05, 4.69) is 23.2 Å². The van der Waals surface area contributed by atoms with Gasteiger partial charge in [-0.05, 0) is 37.1 Å². The fourth-order valence-corrected chi connectivity index (χ4v) is 2.57. The van der Waals surface area contributed by atoms with E-state index >= 15 is 0 Å². The van der Waals surface area contributed by atoms with Crippen molar-refractivity contribution >= 4 is 11.6 Å². The summed E-state index contributed by atoms with van der Waals surface area (Å²) in [6.45, 7) is 8.92. The molecule has 1 aliphatic heterocycles. The number of fused-ring (bicyclic) bond motifs is 1. The van der Waals surface area contributed by atoms with Gasteiger partial charge >= 0.3 is 0 Å². The van der Waals surface area contributed by atoms with Crippen molar-refractivity contribution < 1.29 is 4.79 Å². The molecule has 2 atom stereocenters. The van der Waals surface area contributed by atoms with E-state index in [4.69, 9.17) is 5.73 Å². The van der Waals surface area contributed by atoms with E-state index < -0.39 is 0 Å². The van der Waals surface area contributed by atoms with Gasteiger partial charge in [0, 0.05) is 24.8 Å². The Labute approximate surface area is 121 Å². The average Bonchev–Trinajstić information content (AvgIpc) is 2.81. The Kier molecular flexibility index (Phi) is 4.78. The maximum atomic E-state index is 12.2. The fraction of sp³-hybridized carbons (Fsp3) is 0.562. The summed E-state index contributed by atoms with van der Waals surface area (Å²) >= 11 is 0. The van der Waals surface area contributed by atoms with Crippen LogP contribution in [0.2, 0.25) is 0 Å². The summed E-state index contributed by atoms with van der Waals surface area (Å²) in [6, 6.07) is 6.01. The van der Waals surface area contributed by atoms with Crippen molar-refractivity contribution in [2.45, 2.75) is 46.3 Å². The molecular formula is C16H25N3O. The summed E-state index contributed by atoms with van der Waals surface area (Å²) < 4.78 is 0. The van der Waals surface area contributed by atoms with Gasteiger partial charge < -0.3 is 11.1 Å². The van der Waals surface area contributed by atoms with Crippen LogP contribution < -0.4 is 11.1 Å². The second kappa shape index (κ2) is 6.37. The lowest BCUT2D eigenvalue weighted by atomic mass is 10.0. The SMILES string of the molecule is CCCN1Cc2cccc(NC(=O)C(C)C(C)N)c2C1. The van der Waals surface area contributed by atoms with Crippen molar-refractivity contribution in [2.24, 2.45) is 11.7 Å². The van der Waals surface area contributed by atoms with Crippen LogP contribution in [0.1, 0.15) is 38.3 Å². The molecule has 0 aromatic heterocycles. The minimum atomic E-state index is -0.181. The van der Waals surface area contributed by atoms with Crippen molar-refractivity contribution in [2.75, 3.05) is 11.9 Å². The van der Waals surface area contributed by atoms with Gasteiger partial charge in [0.25, 0.3) is 0 Å². The van der Waals surface area contributed by atoms with Gasteiger partial charge in [-0.25, -0.2) is 0 Å². The van der Waals surface area contributed by atoms with Gasteiger partial charge in [-0.15, -0.1) is 0 Å². The zero-order valence-electron chi connectivity index (χ0n) is 12.6. The van der Waals surface area contributed by atoms with E-state index in [0.29, 0.717) is 0 Å². The highest BCUT2D eigenvalue weighted by Gasteiger charge is 2.23. The zero-order valence-corrected chi connectivity index (χ0v) is 12.6. The molecule has 3 N–H and O–H groups in total. The number of carbonyl (C=O) groups excluding carboxylic acids is 1. The van der Waals surface area contributed by atoms with Crippen LogP contribution in [0.5, 0.6) is 0 Å². The van der Waals surface area contributed by atoms with Gasteiger partial charge in [-0.2, -0.15) is 0 Å². The third-order valence-corrected chi connectivity index (χ3v) is 4.05. The molecular weight excluding hydrogens is 250 g/mol. The Morgan fingerprint density at radius 3 is 2.80 bits per heavy atom. The highest BCUT2D eigenvalue weighted by molar-refractivity contribution is 5.93. The molecule has 2 rings (SSSR count). The molecule has 1 aromatic rings. The molecule has 1 amide bonds. The predicted octanol–water partition coefficient (Wildman–Crippen LogP) is 2.33. The van der Waals surface area contributed by atoms with Crippen LogP contribution >= 0.6 is 0 Å². The van der Waals surface area contributed by atoms with E-state index in [0.717, 1.165) is 31.7 Å². The summed E-state index contributed by atoms with van der Waals surface area (Å²) in [5, 5.41) is 3.04. The van der Waals surface area contributed by atoms with Crippen LogP contribution in [-0.2, 0) is 17.9 Å². The number of carbonyl (C=O) groups is 1. The second-order valence-corrected chi connectivity index (χ2v) is 5.79. The summed E-state index contributed by atoms with van der Waals surface area (Å²) in [7, 11) is 0. The number of amides is 1. The minimum Gasteiger partial charge on any atom is -0.327 e. The number of anilines is 1. The summed E-state index contributed by atoms with van der Waals surface area (Å²) in [6.07, 6.45) is 1.15. The number of hydrogen-bond donors (Lipinski definition) is 2. The Morgan fingerprint density at radius 2 is 2.15 bits per heavy atom. The lowest BCUT2D eigenvalue weighted by molar-refractivity contribution is -0.119. The molecule has 1 aliphatic rings. The topological polar surface area (TPSA) is 58.4 Å². The molecule has 0 aliphatic carbocycles. The van der Waals surface area contributed by atoms with Gasteiger partial charge in [-0.3, -0.25) is 9.69 Å². The maximum Gasteiger partial charge on any atom is 0.228 e. The Bertz CT molecular complexity index is 485. The molecule has 0 radical (unpaired) electrons. The Morgan fingerprint density at radius 1 is 1.40 bits per heavy atom. The van der Waals surface area contributed by atoms with Crippen LogP contribution in [0.25, 0.3) is 0 Å². The summed E-state index contributed by atoms with van der Waals surface area (Å²) in [5.41, 5.74) is 9.32. The first kappa shape index (κ1) is 15.0. The number of nitrogens with one attached hydrogen (secondary N) is 1. The van der Waals surface area contributed by atoms with Crippen molar-refractivity contribution in [1.82, 2.24) is 4.90 Å². The monoisotopic (exact) mass is 275 g/mol. The average molecular weight is 275 g/mol. The summed E-state index contributed by atoms with van der Waals surface area (Å²) in [5.74, 6) is -0.179. The third-order valence-electron chi connectivity index (χ3n) is 4.05. The van der Waals surface area contributed by atoms with Crippen LogP contribution in [0.4, 0.5) is 5.69 Å². The maximum absolute atomic E-state index is 12.2. The smallest absolute Gasteiger partial charge is 0.228 e. The second-order valence-electron chi connectivity index (χ2n) is 5.79. The number of nitrogens with zero attached hydrogens (tertiary/aromatic N) is 1.